The molecule has 1 saturated heterocycles. The Labute approximate surface area is 197 Å². The van der Waals surface area contributed by atoms with Crippen molar-refractivity contribution in [2.24, 2.45) is 0 Å². The standard InChI is InChI=1S/C24H21F4N3O4/c1-11-24(2,34)22(32)19(28)21(35-11)12-8-9-29-10-17(12)31-23(33)16-7-6-15(27)20(30-16)18-13(25)4-3-5-14(18)26/h3-11,19,21-22,32,34H,1-2H3,(H,31,33)/t11-,19+,21+,22-,24-/m0/s1. The molecule has 2 aromatic heterocycles. The predicted molar refractivity (Wildman–Crippen MR) is 117 cm³/mol. The van der Waals surface area contributed by atoms with E-state index in [4.69, 9.17) is 4.74 Å². The molecule has 0 spiro atoms. The molecule has 3 heterocycles. The van der Waals surface area contributed by atoms with Crippen molar-refractivity contribution in [3.63, 3.8) is 0 Å². The number of carbonyl (C=O) groups is 1. The summed E-state index contributed by atoms with van der Waals surface area (Å²) < 4.78 is 63.3. The molecule has 1 amide bonds. The summed E-state index contributed by atoms with van der Waals surface area (Å²) in [5.74, 6) is -4.06. The molecule has 0 radical (unpaired) electrons. The van der Waals surface area contributed by atoms with Gasteiger partial charge in [0.15, 0.2) is 6.17 Å². The van der Waals surface area contributed by atoms with E-state index in [1.165, 1.54) is 32.3 Å². The molecule has 35 heavy (non-hydrogen) atoms. The molecule has 3 N–H and O–H groups in total. The van der Waals surface area contributed by atoms with Gasteiger partial charge in [0.05, 0.1) is 23.6 Å². The fourth-order valence-corrected chi connectivity index (χ4v) is 3.82. The number of aliphatic hydroxyl groups excluding tert-OH is 1. The lowest BCUT2D eigenvalue weighted by molar-refractivity contribution is -0.245. The number of rotatable bonds is 4. The molecule has 1 fully saturated rings. The summed E-state index contributed by atoms with van der Waals surface area (Å²) in [6, 6.07) is 6.19. The minimum Gasteiger partial charge on any atom is -0.387 e. The van der Waals surface area contributed by atoms with Crippen molar-refractivity contribution in [1.82, 2.24) is 9.97 Å². The SMILES string of the molecule is C[C@@H]1O[C@H](c2ccncc2NC(=O)c2ccc(F)c(-c3c(F)cccc3F)n2)[C@@H](F)[C@H](O)[C@@]1(C)O. The quantitative estimate of drug-likeness (QED) is 0.481. The van der Waals surface area contributed by atoms with Crippen LogP contribution in [-0.2, 0) is 4.74 Å². The number of amides is 1. The number of carbonyl (C=O) groups excluding carboxylic acids is 1. The number of nitrogens with zero attached hydrogens (tertiary/aromatic N) is 2. The van der Waals surface area contributed by atoms with Gasteiger partial charge in [-0.25, -0.2) is 22.5 Å². The number of ether oxygens (including phenoxy) is 1. The predicted octanol–water partition coefficient (Wildman–Crippen LogP) is 3.72. The number of aromatic nitrogens is 2. The van der Waals surface area contributed by atoms with E-state index in [2.05, 4.69) is 15.3 Å². The summed E-state index contributed by atoms with van der Waals surface area (Å²) in [6.07, 6.45) is -3.61. The van der Waals surface area contributed by atoms with Crippen molar-refractivity contribution >= 4 is 11.6 Å². The van der Waals surface area contributed by atoms with Gasteiger partial charge in [-0.1, -0.05) is 6.07 Å². The Kier molecular flexibility index (Phi) is 6.58. The van der Waals surface area contributed by atoms with E-state index in [-0.39, 0.29) is 16.9 Å². The number of nitrogens with one attached hydrogen (secondary N) is 1. The molecule has 0 aliphatic carbocycles. The van der Waals surface area contributed by atoms with E-state index in [0.29, 0.717) is 0 Å². The maximum Gasteiger partial charge on any atom is 0.274 e. The van der Waals surface area contributed by atoms with Crippen molar-refractivity contribution in [2.75, 3.05) is 5.32 Å². The van der Waals surface area contributed by atoms with E-state index >= 15 is 4.39 Å². The van der Waals surface area contributed by atoms with Crippen LogP contribution in [-0.4, -0.2) is 50.1 Å². The molecule has 3 aromatic rings. The van der Waals surface area contributed by atoms with Crippen molar-refractivity contribution in [3.05, 3.63) is 77.5 Å². The molecule has 0 unspecified atom stereocenters. The molecule has 0 saturated carbocycles. The lowest BCUT2D eigenvalue weighted by atomic mass is 9.83. The van der Waals surface area contributed by atoms with Crippen LogP contribution < -0.4 is 5.32 Å². The van der Waals surface area contributed by atoms with Crippen LogP contribution in [0.5, 0.6) is 0 Å². The molecule has 4 rings (SSSR count). The smallest absolute Gasteiger partial charge is 0.274 e. The Balaban J connectivity index is 1.66. The summed E-state index contributed by atoms with van der Waals surface area (Å²) in [7, 11) is 0. The van der Waals surface area contributed by atoms with Gasteiger partial charge in [0, 0.05) is 11.8 Å². The van der Waals surface area contributed by atoms with Crippen LogP contribution >= 0.6 is 0 Å². The molecule has 1 aliphatic rings. The first kappa shape index (κ1) is 24.7. The number of halogens is 4. The number of alkyl halides is 1. The Morgan fingerprint density at radius 2 is 1.80 bits per heavy atom. The first-order valence-corrected chi connectivity index (χ1v) is 10.6. The van der Waals surface area contributed by atoms with E-state index in [1.807, 2.05) is 0 Å². The maximum absolute atomic E-state index is 15.0. The Hall–Kier alpha value is -3.41. The van der Waals surface area contributed by atoms with Crippen molar-refractivity contribution in [3.8, 4) is 11.3 Å². The highest BCUT2D eigenvalue weighted by Gasteiger charge is 2.51. The number of hydrogen-bond acceptors (Lipinski definition) is 6. The fraction of sp³-hybridized carbons (Fsp3) is 0.292. The zero-order valence-electron chi connectivity index (χ0n) is 18.5. The molecule has 7 nitrogen and oxygen atoms in total. The van der Waals surface area contributed by atoms with Crippen molar-refractivity contribution in [2.45, 2.75) is 43.9 Å². The fourth-order valence-electron chi connectivity index (χ4n) is 3.82. The van der Waals surface area contributed by atoms with Gasteiger partial charge in [-0.05, 0) is 44.2 Å². The number of benzene rings is 1. The highest BCUT2D eigenvalue weighted by molar-refractivity contribution is 6.03. The zero-order valence-corrected chi connectivity index (χ0v) is 18.5. The Morgan fingerprint density at radius 1 is 1.11 bits per heavy atom. The second-order valence-electron chi connectivity index (χ2n) is 8.35. The molecule has 5 atom stereocenters. The Morgan fingerprint density at radius 3 is 2.49 bits per heavy atom. The summed E-state index contributed by atoms with van der Waals surface area (Å²) in [4.78, 5) is 20.6. The minimum atomic E-state index is -2.04. The van der Waals surface area contributed by atoms with Crippen molar-refractivity contribution in [1.29, 1.82) is 0 Å². The van der Waals surface area contributed by atoms with Crippen LogP contribution in [0.3, 0.4) is 0 Å². The van der Waals surface area contributed by atoms with Gasteiger partial charge in [-0.15, -0.1) is 0 Å². The van der Waals surface area contributed by atoms with Gasteiger partial charge in [-0.3, -0.25) is 9.78 Å². The first-order chi connectivity index (χ1) is 16.5. The topological polar surface area (TPSA) is 105 Å². The monoisotopic (exact) mass is 491 g/mol. The van der Waals surface area contributed by atoms with E-state index in [9.17, 15) is 28.2 Å². The number of aliphatic hydroxyl groups is 2. The second kappa shape index (κ2) is 9.33. The number of anilines is 1. The third-order valence-corrected chi connectivity index (χ3v) is 6.05. The average Bonchev–Trinajstić information content (AvgIpc) is 2.82. The molecule has 0 bridgehead atoms. The lowest BCUT2D eigenvalue weighted by Gasteiger charge is -2.45. The minimum absolute atomic E-state index is 0.00385. The largest absolute Gasteiger partial charge is 0.387 e. The van der Waals surface area contributed by atoms with Gasteiger partial charge < -0.3 is 20.3 Å². The average molecular weight is 491 g/mol. The van der Waals surface area contributed by atoms with Crippen molar-refractivity contribution < 1.29 is 37.3 Å². The Bertz CT molecular complexity index is 1250. The third-order valence-electron chi connectivity index (χ3n) is 6.05. The zero-order chi connectivity index (χ0) is 25.5. The van der Waals surface area contributed by atoms with E-state index < -0.39 is 64.7 Å². The van der Waals surface area contributed by atoms with Gasteiger partial charge in [-0.2, -0.15) is 0 Å². The van der Waals surface area contributed by atoms with Crippen LogP contribution in [0.25, 0.3) is 11.3 Å². The summed E-state index contributed by atoms with van der Waals surface area (Å²) in [6.45, 7) is 2.71. The summed E-state index contributed by atoms with van der Waals surface area (Å²) in [5, 5.41) is 23.0. The summed E-state index contributed by atoms with van der Waals surface area (Å²) in [5.41, 5.74) is -3.54. The molecular weight excluding hydrogens is 470 g/mol. The van der Waals surface area contributed by atoms with Crippen LogP contribution in [0.15, 0.2) is 48.8 Å². The van der Waals surface area contributed by atoms with E-state index in [1.54, 1.807) is 0 Å². The molecule has 1 aromatic carbocycles. The highest BCUT2D eigenvalue weighted by Crippen LogP contribution is 2.41. The summed E-state index contributed by atoms with van der Waals surface area (Å²) >= 11 is 0. The molecule has 11 heteroatoms. The molecule has 1 aliphatic heterocycles. The van der Waals surface area contributed by atoms with Gasteiger partial charge in [0.25, 0.3) is 5.91 Å². The lowest BCUT2D eigenvalue weighted by Crippen LogP contribution is -2.59. The first-order valence-electron chi connectivity index (χ1n) is 10.6. The van der Waals surface area contributed by atoms with Gasteiger partial charge in [0.2, 0.25) is 0 Å². The van der Waals surface area contributed by atoms with Crippen LogP contribution in [0.1, 0.15) is 36.0 Å². The second-order valence-corrected chi connectivity index (χ2v) is 8.35. The van der Waals surface area contributed by atoms with Crippen LogP contribution in [0, 0.1) is 17.5 Å². The highest BCUT2D eigenvalue weighted by atomic mass is 19.1. The van der Waals surface area contributed by atoms with E-state index in [0.717, 1.165) is 30.3 Å². The van der Waals surface area contributed by atoms with Crippen LogP contribution in [0.4, 0.5) is 23.2 Å². The van der Waals surface area contributed by atoms with Gasteiger partial charge >= 0.3 is 0 Å². The molecule has 184 valence electrons. The van der Waals surface area contributed by atoms with Crippen LogP contribution in [0.2, 0.25) is 0 Å². The number of pyridine rings is 2. The third kappa shape index (κ3) is 4.49. The number of hydrogen-bond donors (Lipinski definition) is 3. The maximum atomic E-state index is 15.0. The molecular formula is C24H21F4N3O4. The van der Waals surface area contributed by atoms with Gasteiger partial charge in [0.1, 0.15) is 46.6 Å². The normalized spacial score (nSPS) is 26.4.